The molecule has 0 aromatic rings. The van der Waals surface area contributed by atoms with E-state index in [0.717, 1.165) is 12.8 Å². The van der Waals surface area contributed by atoms with Crippen LogP contribution in [0.15, 0.2) is 0 Å². The second kappa shape index (κ2) is 6.08. The minimum atomic E-state index is 0.105. The Morgan fingerprint density at radius 1 is 1.47 bits per heavy atom. The van der Waals surface area contributed by atoms with Crippen molar-refractivity contribution in [3.05, 3.63) is 0 Å². The van der Waals surface area contributed by atoms with Gasteiger partial charge in [0.2, 0.25) is 5.91 Å². The van der Waals surface area contributed by atoms with Crippen LogP contribution >= 0.6 is 0 Å². The molecule has 0 bridgehead atoms. The van der Waals surface area contributed by atoms with E-state index in [0.29, 0.717) is 13.2 Å². The molecule has 3 atom stereocenters. The van der Waals surface area contributed by atoms with Crippen molar-refractivity contribution < 1.29 is 9.53 Å². The third kappa shape index (κ3) is 3.47. The minimum Gasteiger partial charge on any atom is -0.378 e. The summed E-state index contributed by atoms with van der Waals surface area (Å²) in [6, 6.07) is 0.379. The van der Waals surface area contributed by atoms with E-state index in [1.54, 1.807) is 0 Å². The average molecular weight is 214 g/mol. The zero-order valence-corrected chi connectivity index (χ0v) is 9.88. The van der Waals surface area contributed by atoms with Gasteiger partial charge in [-0.15, -0.1) is 0 Å². The highest BCUT2D eigenvalue weighted by atomic mass is 16.5. The molecule has 0 spiro atoms. The molecule has 1 rings (SSSR count). The minimum absolute atomic E-state index is 0.105. The van der Waals surface area contributed by atoms with Crippen LogP contribution in [0.3, 0.4) is 0 Å². The molecule has 88 valence electrons. The van der Waals surface area contributed by atoms with E-state index < -0.39 is 0 Å². The zero-order valence-electron chi connectivity index (χ0n) is 9.88. The second-order valence-electron chi connectivity index (χ2n) is 4.24. The average Bonchev–Trinajstić information content (AvgIpc) is 2.65. The van der Waals surface area contributed by atoms with Crippen molar-refractivity contribution in [1.29, 1.82) is 0 Å². The molecule has 0 radical (unpaired) electrons. The lowest BCUT2D eigenvalue weighted by Gasteiger charge is -2.20. The molecule has 0 aromatic heterocycles. The predicted molar refractivity (Wildman–Crippen MR) is 59.7 cm³/mol. The number of carbonyl (C=O) groups is 1. The Labute approximate surface area is 91.8 Å². The molecule has 1 heterocycles. The number of nitrogens with one attached hydrogen (secondary N) is 2. The normalized spacial score (nSPS) is 27.7. The molecule has 1 fully saturated rings. The Morgan fingerprint density at radius 3 is 2.73 bits per heavy atom. The molecule has 4 nitrogen and oxygen atoms in total. The van der Waals surface area contributed by atoms with Crippen LogP contribution in [0.2, 0.25) is 0 Å². The van der Waals surface area contributed by atoms with Gasteiger partial charge in [-0.1, -0.05) is 20.3 Å². The van der Waals surface area contributed by atoms with Crippen molar-refractivity contribution in [1.82, 2.24) is 10.6 Å². The molecule has 4 heteroatoms. The number of rotatable bonds is 5. The summed E-state index contributed by atoms with van der Waals surface area (Å²) in [4.78, 5) is 11.8. The Balaban J connectivity index is 2.36. The summed E-state index contributed by atoms with van der Waals surface area (Å²) in [7, 11) is 1.90. The van der Waals surface area contributed by atoms with Gasteiger partial charge >= 0.3 is 0 Å². The van der Waals surface area contributed by atoms with Crippen LogP contribution in [0.1, 0.15) is 26.7 Å². The van der Waals surface area contributed by atoms with Crippen LogP contribution in [-0.2, 0) is 9.53 Å². The van der Waals surface area contributed by atoms with Gasteiger partial charge in [0, 0.05) is 5.92 Å². The first-order chi connectivity index (χ1) is 7.19. The maximum atomic E-state index is 11.8. The first kappa shape index (κ1) is 12.5. The van der Waals surface area contributed by atoms with Gasteiger partial charge in [-0.3, -0.25) is 4.79 Å². The van der Waals surface area contributed by atoms with Gasteiger partial charge in [0.1, 0.15) is 0 Å². The SMILES string of the molecule is CCCC(C)C(=O)NC1COCC1NC. The lowest BCUT2D eigenvalue weighted by atomic mass is 10.0. The molecule has 1 amide bonds. The van der Waals surface area contributed by atoms with Crippen molar-refractivity contribution in [2.24, 2.45) is 5.92 Å². The molecular formula is C11H22N2O2. The van der Waals surface area contributed by atoms with Gasteiger partial charge in [0.15, 0.2) is 0 Å². The van der Waals surface area contributed by atoms with E-state index in [1.165, 1.54) is 0 Å². The van der Waals surface area contributed by atoms with Crippen LogP contribution in [0.4, 0.5) is 0 Å². The Bertz CT molecular complexity index is 209. The van der Waals surface area contributed by atoms with Gasteiger partial charge in [-0.05, 0) is 13.5 Å². The van der Waals surface area contributed by atoms with E-state index in [-0.39, 0.29) is 23.9 Å². The molecular weight excluding hydrogens is 192 g/mol. The van der Waals surface area contributed by atoms with Crippen molar-refractivity contribution in [3.63, 3.8) is 0 Å². The molecule has 3 unspecified atom stereocenters. The largest absolute Gasteiger partial charge is 0.378 e. The van der Waals surface area contributed by atoms with Crippen LogP contribution < -0.4 is 10.6 Å². The molecule has 15 heavy (non-hydrogen) atoms. The first-order valence-electron chi connectivity index (χ1n) is 5.74. The summed E-state index contributed by atoms with van der Waals surface area (Å²) < 4.78 is 5.32. The first-order valence-corrected chi connectivity index (χ1v) is 5.74. The molecule has 1 saturated heterocycles. The quantitative estimate of drug-likeness (QED) is 0.701. The second-order valence-corrected chi connectivity index (χ2v) is 4.24. The lowest BCUT2D eigenvalue weighted by Crippen LogP contribution is -2.49. The van der Waals surface area contributed by atoms with Gasteiger partial charge in [-0.25, -0.2) is 0 Å². The summed E-state index contributed by atoms with van der Waals surface area (Å²) in [5.74, 6) is 0.251. The highest BCUT2D eigenvalue weighted by Crippen LogP contribution is 2.09. The number of hydrogen-bond donors (Lipinski definition) is 2. The fraction of sp³-hybridized carbons (Fsp3) is 0.909. The molecule has 1 aliphatic rings. The highest BCUT2D eigenvalue weighted by Gasteiger charge is 2.29. The number of ether oxygens (including phenoxy) is 1. The van der Waals surface area contributed by atoms with E-state index in [9.17, 15) is 4.79 Å². The molecule has 1 aliphatic heterocycles. The van der Waals surface area contributed by atoms with Gasteiger partial charge in [0.25, 0.3) is 0 Å². The number of hydrogen-bond acceptors (Lipinski definition) is 3. The number of carbonyl (C=O) groups excluding carboxylic acids is 1. The summed E-state index contributed by atoms with van der Waals surface area (Å²) in [6.07, 6.45) is 1.99. The molecule has 2 N–H and O–H groups in total. The van der Waals surface area contributed by atoms with Crippen LogP contribution in [0, 0.1) is 5.92 Å². The zero-order chi connectivity index (χ0) is 11.3. The number of amides is 1. The van der Waals surface area contributed by atoms with Crippen LogP contribution in [0.5, 0.6) is 0 Å². The predicted octanol–water partition coefficient (Wildman–Crippen LogP) is 0.526. The Kier molecular flexibility index (Phi) is 5.05. The van der Waals surface area contributed by atoms with Gasteiger partial charge < -0.3 is 15.4 Å². The third-order valence-electron chi connectivity index (χ3n) is 2.95. The highest BCUT2D eigenvalue weighted by molar-refractivity contribution is 5.78. The molecule has 0 aromatic carbocycles. The van der Waals surface area contributed by atoms with E-state index in [2.05, 4.69) is 17.6 Å². The van der Waals surface area contributed by atoms with E-state index in [1.807, 2.05) is 14.0 Å². The lowest BCUT2D eigenvalue weighted by molar-refractivity contribution is -0.125. The number of likely N-dealkylation sites (N-methyl/N-ethyl adjacent to an activating group) is 1. The summed E-state index contributed by atoms with van der Waals surface area (Å²) in [5.41, 5.74) is 0. The fourth-order valence-corrected chi connectivity index (χ4v) is 1.87. The van der Waals surface area contributed by atoms with E-state index >= 15 is 0 Å². The summed E-state index contributed by atoms with van der Waals surface area (Å²) in [6.45, 7) is 5.38. The van der Waals surface area contributed by atoms with E-state index in [4.69, 9.17) is 4.74 Å². The molecule has 0 aliphatic carbocycles. The topological polar surface area (TPSA) is 50.4 Å². The standard InChI is InChI=1S/C11H22N2O2/c1-4-5-8(2)11(14)13-10-7-15-6-9(10)12-3/h8-10,12H,4-7H2,1-3H3,(H,13,14). The third-order valence-corrected chi connectivity index (χ3v) is 2.95. The van der Waals surface area contributed by atoms with Crippen molar-refractivity contribution in [2.45, 2.75) is 38.8 Å². The molecule has 0 saturated carbocycles. The summed E-state index contributed by atoms with van der Waals surface area (Å²) in [5, 5.41) is 6.19. The van der Waals surface area contributed by atoms with Gasteiger partial charge in [0.05, 0.1) is 25.3 Å². The van der Waals surface area contributed by atoms with Crippen LogP contribution in [0.25, 0.3) is 0 Å². The maximum absolute atomic E-state index is 11.8. The Hall–Kier alpha value is -0.610. The maximum Gasteiger partial charge on any atom is 0.223 e. The van der Waals surface area contributed by atoms with Crippen molar-refractivity contribution >= 4 is 5.91 Å². The Morgan fingerprint density at radius 2 is 2.13 bits per heavy atom. The van der Waals surface area contributed by atoms with Crippen molar-refractivity contribution in [2.75, 3.05) is 20.3 Å². The van der Waals surface area contributed by atoms with Crippen LogP contribution in [-0.4, -0.2) is 38.3 Å². The fourth-order valence-electron chi connectivity index (χ4n) is 1.87. The monoisotopic (exact) mass is 214 g/mol. The van der Waals surface area contributed by atoms with Crippen molar-refractivity contribution in [3.8, 4) is 0 Å². The summed E-state index contributed by atoms with van der Waals surface area (Å²) >= 11 is 0. The van der Waals surface area contributed by atoms with Gasteiger partial charge in [-0.2, -0.15) is 0 Å². The smallest absolute Gasteiger partial charge is 0.223 e.